The molecule has 0 unspecified atom stereocenters. The molecule has 0 atom stereocenters. The van der Waals surface area contributed by atoms with Crippen molar-refractivity contribution < 1.29 is 9.59 Å². The van der Waals surface area contributed by atoms with Crippen molar-refractivity contribution in [1.29, 1.82) is 0 Å². The van der Waals surface area contributed by atoms with E-state index in [1.54, 1.807) is 26.1 Å². The average Bonchev–Trinajstić information content (AvgIpc) is 3.22. The second-order valence-corrected chi connectivity index (χ2v) is 9.30. The zero-order valence-corrected chi connectivity index (χ0v) is 18.4. The fourth-order valence-corrected chi connectivity index (χ4v) is 4.88. The number of aryl methyl sites for hydroxylation is 1. The van der Waals surface area contributed by atoms with Crippen LogP contribution in [0.2, 0.25) is 4.34 Å². The van der Waals surface area contributed by atoms with Gasteiger partial charge in [0.1, 0.15) is 9.88 Å². The lowest BCUT2D eigenvalue weighted by atomic mass is 10.3. The van der Waals surface area contributed by atoms with Gasteiger partial charge >= 0.3 is 0 Å². The third-order valence-corrected chi connectivity index (χ3v) is 6.89. The van der Waals surface area contributed by atoms with Crippen molar-refractivity contribution in [3.05, 3.63) is 55.8 Å². The number of carbonyl (C=O) groups excluding carboxylic acids is 2. The van der Waals surface area contributed by atoms with Crippen molar-refractivity contribution in [2.45, 2.75) is 6.92 Å². The van der Waals surface area contributed by atoms with Crippen LogP contribution in [-0.2, 0) is 4.79 Å². The van der Waals surface area contributed by atoms with Crippen molar-refractivity contribution in [3.8, 4) is 9.88 Å². The standard InChI is InChI=1S/C18H15BrClN3O2S2/c1-10-16(27-17(21-10)13-7-8-14(20)26-13)18(25)23(2)9-15(24)22-12-6-4-3-5-11(12)19/h3-8H,9H2,1-2H3,(H,22,24). The molecule has 0 aliphatic carbocycles. The Hall–Kier alpha value is -1.74. The quantitative estimate of drug-likeness (QED) is 0.534. The maximum atomic E-state index is 12.8. The molecular weight excluding hydrogens is 470 g/mol. The Kier molecular flexibility index (Phi) is 6.31. The molecule has 5 nitrogen and oxygen atoms in total. The van der Waals surface area contributed by atoms with Crippen LogP contribution in [0.3, 0.4) is 0 Å². The summed E-state index contributed by atoms with van der Waals surface area (Å²) >= 11 is 12.1. The SMILES string of the molecule is Cc1nc(-c2ccc(Cl)s2)sc1C(=O)N(C)CC(=O)Nc1ccccc1Br. The summed E-state index contributed by atoms with van der Waals surface area (Å²) < 4.78 is 1.46. The molecule has 2 aromatic heterocycles. The number of hydrogen-bond donors (Lipinski definition) is 1. The third kappa shape index (κ3) is 4.76. The van der Waals surface area contributed by atoms with Gasteiger partial charge < -0.3 is 10.2 Å². The summed E-state index contributed by atoms with van der Waals surface area (Å²) in [5.74, 6) is -0.508. The fraction of sp³-hybridized carbons (Fsp3) is 0.167. The molecule has 0 spiro atoms. The zero-order valence-electron chi connectivity index (χ0n) is 14.5. The molecule has 140 valence electrons. The molecule has 3 rings (SSSR count). The lowest BCUT2D eigenvalue weighted by Gasteiger charge is -2.16. The van der Waals surface area contributed by atoms with E-state index in [0.717, 1.165) is 14.4 Å². The Morgan fingerprint density at radius 1 is 1.22 bits per heavy atom. The lowest BCUT2D eigenvalue weighted by Crippen LogP contribution is -2.34. The molecule has 9 heteroatoms. The van der Waals surface area contributed by atoms with Crippen LogP contribution in [0.25, 0.3) is 9.88 Å². The number of likely N-dealkylation sites (N-methyl/N-ethyl adjacent to an activating group) is 1. The summed E-state index contributed by atoms with van der Waals surface area (Å²) in [6.45, 7) is 1.73. The summed E-state index contributed by atoms with van der Waals surface area (Å²) in [6.07, 6.45) is 0. The number of carbonyl (C=O) groups is 2. The van der Waals surface area contributed by atoms with Gasteiger partial charge in [0.05, 0.1) is 27.1 Å². The summed E-state index contributed by atoms with van der Waals surface area (Å²) in [4.78, 5) is 32.3. The maximum absolute atomic E-state index is 12.8. The number of thiophene rings is 1. The normalized spacial score (nSPS) is 10.7. The van der Waals surface area contributed by atoms with Crippen molar-refractivity contribution in [1.82, 2.24) is 9.88 Å². The Bertz CT molecular complexity index is 1000. The number of para-hydroxylation sites is 1. The van der Waals surface area contributed by atoms with Crippen molar-refractivity contribution >= 4 is 67.7 Å². The number of nitrogens with one attached hydrogen (secondary N) is 1. The highest BCUT2D eigenvalue weighted by molar-refractivity contribution is 9.10. The van der Waals surface area contributed by atoms with E-state index in [9.17, 15) is 9.59 Å². The van der Waals surface area contributed by atoms with E-state index in [1.165, 1.54) is 27.6 Å². The van der Waals surface area contributed by atoms with E-state index < -0.39 is 0 Å². The van der Waals surface area contributed by atoms with Crippen LogP contribution in [0.4, 0.5) is 5.69 Å². The number of nitrogens with zero attached hydrogens (tertiary/aromatic N) is 2. The molecule has 0 saturated carbocycles. The highest BCUT2D eigenvalue weighted by Gasteiger charge is 2.22. The van der Waals surface area contributed by atoms with Gasteiger partial charge in [0.2, 0.25) is 5.91 Å². The second kappa shape index (κ2) is 8.52. The molecule has 0 saturated heterocycles. The number of benzene rings is 1. The molecule has 1 aromatic carbocycles. The first-order chi connectivity index (χ1) is 12.8. The molecule has 0 aliphatic heterocycles. The van der Waals surface area contributed by atoms with E-state index in [-0.39, 0.29) is 18.4 Å². The Morgan fingerprint density at radius 2 is 1.96 bits per heavy atom. The van der Waals surface area contributed by atoms with Crippen molar-refractivity contribution in [2.24, 2.45) is 0 Å². The number of halogens is 2. The van der Waals surface area contributed by atoms with E-state index in [0.29, 0.717) is 20.6 Å². The average molecular weight is 485 g/mol. The van der Waals surface area contributed by atoms with Gasteiger partial charge in [0.25, 0.3) is 5.91 Å². The summed E-state index contributed by atoms with van der Waals surface area (Å²) in [5, 5.41) is 3.54. The molecule has 0 aliphatic rings. The van der Waals surface area contributed by atoms with E-state index in [2.05, 4.69) is 26.2 Å². The Morgan fingerprint density at radius 3 is 2.63 bits per heavy atom. The predicted octanol–water partition coefficient (Wildman–Crippen LogP) is 5.31. The van der Waals surface area contributed by atoms with E-state index in [4.69, 9.17) is 11.6 Å². The smallest absolute Gasteiger partial charge is 0.266 e. The number of amides is 2. The molecule has 3 aromatic rings. The molecule has 27 heavy (non-hydrogen) atoms. The Labute approximate surface area is 178 Å². The van der Waals surface area contributed by atoms with Gasteiger partial charge in [-0.15, -0.1) is 22.7 Å². The molecule has 2 heterocycles. The van der Waals surface area contributed by atoms with Gasteiger partial charge in [0, 0.05) is 11.5 Å². The van der Waals surface area contributed by atoms with Gasteiger partial charge in [0.15, 0.2) is 0 Å². The topological polar surface area (TPSA) is 62.3 Å². The van der Waals surface area contributed by atoms with E-state index in [1.807, 2.05) is 24.3 Å². The van der Waals surface area contributed by atoms with Crippen LogP contribution in [0.5, 0.6) is 0 Å². The predicted molar refractivity (Wildman–Crippen MR) is 115 cm³/mol. The molecule has 0 fully saturated rings. The first kappa shape index (κ1) is 20.0. The highest BCUT2D eigenvalue weighted by Crippen LogP contribution is 2.35. The van der Waals surface area contributed by atoms with Gasteiger partial charge in [-0.25, -0.2) is 4.98 Å². The monoisotopic (exact) mass is 483 g/mol. The molecule has 0 radical (unpaired) electrons. The van der Waals surface area contributed by atoms with Gasteiger partial charge in [-0.1, -0.05) is 23.7 Å². The van der Waals surface area contributed by atoms with Crippen molar-refractivity contribution in [3.63, 3.8) is 0 Å². The summed E-state index contributed by atoms with van der Waals surface area (Å²) in [6, 6.07) is 11.0. The van der Waals surface area contributed by atoms with Crippen LogP contribution in [0.1, 0.15) is 15.4 Å². The van der Waals surface area contributed by atoms with Crippen LogP contribution >= 0.6 is 50.2 Å². The van der Waals surface area contributed by atoms with Gasteiger partial charge in [-0.3, -0.25) is 9.59 Å². The molecule has 0 bridgehead atoms. The van der Waals surface area contributed by atoms with Crippen molar-refractivity contribution in [2.75, 3.05) is 18.9 Å². The molecule has 2 amide bonds. The first-order valence-corrected chi connectivity index (χ1v) is 10.7. The second-order valence-electron chi connectivity index (χ2n) is 5.73. The number of anilines is 1. The van der Waals surface area contributed by atoms with Crippen LogP contribution in [0.15, 0.2) is 40.9 Å². The minimum Gasteiger partial charge on any atom is -0.332 e. The minimum atomic E-state index is -0.273. The molecule has 1 N–H and O–H groups in total. The number of rotatable bonds is 5. The largest absolute Gasteiger partial charge is 0.332 e. The van der Waals surface area contributed by atoms with Crippen LogP contribution < -0.4 is 5.32 Å². The summed E-state index contributed by atoms with van der Waals surface area (Å²) in [5.41, 5.74) is 1.30. The third-order valence-electron chi connectivity index (χ3n) is 3.65. The Balaban J connectivity index is 1.69. The first-order valence-electron chi connectivity index (χ1n) is 7.88. The number of hydrogen-bond acceptors (Lipinski definition) is 5. The maximum Gasteiger partial charge on any atom is 0.266 e. The van der Waals surface area contributed by atoms with Crippen LogP contribution in [0, 0.1) is 6.92 Å². The number of aromatic nitrogens is 1. The van der Waals surface area contributed by atoms with Crippen LogP contribution in [-0.4, -0.2) is 35.3 Å². The fourth-order valence-electron chi connectivity index (χ4n) is 2.34. The summed E-state index contributed by atoms with van der Waals surface area (Å²) in [7, 11) is 1.60. The number of thiazole rings is 1. The minimum absolute atomic E-state index is 0.0579. The molecular formula is C18H15BrClN3O2S2. The van der Waals surface area contributed by atoms with Gasteiger partial charge in [-0.2, -0.15) is 0 Å². The lowest BCUT2D eigenvalue weighted by molar-refractivity contribution is -0.116. The highest BCUT2D eigenvalue weighted by atomic mass is 79.9. The van der Waals surface area contributed by atoms with E-state index >= 15 is 0 Å². The zero-order chi connectivity index (χ0) is 19.6. The van der Waals surface area contributed by atoms with Gasteiger partial charge in [-0.05, 0) is 47.1 Å².